The molecule has 3 aromatic rings. The van der Waals surface area contributed by atoms with Gasteiger partial charge in [-0.1, -0.05) is 17.4 Å². The maximum absolute atomic E-state index is 13.3. The van der Waals surface area contributed by atoms with Gasteiger partial charge in [-0.3, -0.25) is 4.79 Å². The molecule has 4 nitrogen and oxygen atoms in total. The van der Waals surface area contributed by atoms with Gasteiger partial charge in [0.25, 0.3) is 0 Å². The number of fused-ring (bicyclic) bond motifs is 1. The van der Waals surface area contributed by atoms with Crippen LogP contribution < -0.4 is 4.90 Å². The lowest BCUT2D eigenvalue weighted by molar-refractivity contribution is -0.130. The molecule has 1 saturated heterocycles. The van der Waals surface area contributed by atoms with E-state index in [0.29, 0.717) is 19.5 Å². The number of thiazole rings is 1. The summed E-state index contributed by atoms with van der Waals surface area (Å²) >= 11 is 3.12. The topological polar surface area (TPSA) is 36.4 Å². The fourth-order valence-electron chi connectivity index (χ4n) is 2.84. The summed E-state index contributed by atoms with van der Waals surface area (Å²) < 4.78 is 14.2. The minimum absolute atomic E-state index is 0.184. The molecule has 3 heterocycles. The van der Waals surface area contributed by atoms with E-state index in [9.17, 15) is 9.18 Å². The number of thiophene rings is 1. The number of aromatic nitrogens is 1. The number of anilines is 1. The summed E-state index contributed by atoms with van der Waals surface area (Å²) in [5, 5.41) is 2.90. The number of halogens is 1. The van der Waals surface area contributed by atoms with E-state index in [4.69, 9.17) is 0 Å². The molecule has 0 radical (unpaired) electrons. The SMILES string of the molecule is O=C(Cc1cccs1)N1CCN(c2nc3ccc(F)cc3s2)CC1. The minimum atomic E-state index is -0.235. The van der Waals surface area contributed by atoms with Crippen LogP contribution in [0.15, 0.2) is 35.7 Å². The van der Waals surface area contributed by atoms with E-state index in [0.717, 1.165) is 33.3 Å². The van der Waals surface area contributed by atoms with Crippen LogP contribution in [0.2, 0.25) is 0 Å². The number of nitrogens with zero attached hydrogens (tertiary/aromatic N) is 3. The van der Waals surface area contributed by atoms with Gasteiger partial charge in [0.2, 0.25) is 5.91 Å². The molecule has 0 spiro atoms. The standard InChI is InChI=1S/C17H16FN3OS2/c18-12-3-4-14-15(10-12)24-17(19-14)21-7-5-20(6-8-21)16(22)11-13-2-1-9-23-13/h1-4,9-10H,5-8,11H2. The average molecular weight is 361 g/mol. The number of hydrogen-bond acceptors (Lipinski definition) is 5. The first-order valence-electron chi connectivity index (χ1n) is 7.80. The molecule has 0 unspecified atom stereocenters. The summed E-state index contributed by atoms with van der Waals surface area (Å²) in [4.78, 5) is 22.1. The number of benzene rings is 1. The number of rotatable bonds is 3. The van der Waals surface area contributed by atoms with E-state index in [1.54, 1.807) is 17.4 Å². The fraction of sp³-hybridized carbons (Fsp3) is 0.294. The zero-order valence-electron chi connectivity index (χ0n) is 12.9. The lowest BCUT2D eigenvalue weighted by atomic mass is 10.2. The molecule has 2 aromatic heterocycles. The molecule has 1 aliphatic rings. The third kappa shape index (κ3) is 3.14. The number of hydrogen-bond donors (Lipinski definition) is 0. The van der Waals surface area contributed by atoms with Gasteiger partial charge in [0.05, 0.1) is 16.6 Å². The van der Waals surface area contributed by atoms with Crippen molar-refractivity contribution >= 4 is 43.9 Å². The van der Waals surface area contributed by atoms with E-state index in [1.165, 1.54) is 23.5 Å². The number of piperazine rings is 1. The highest BCUT2D eigenvalue weighted by Crippen LogP contribution is 2.30. The van der Waals surface area contributed by atoms with E-state index in [2.05, 4.69) is 9.88 Å². The molecule has 1 aromatic carbocycles. The van der Waals surface area contributed by atoms with Crippen LogP contribution in [0.4, 0.5) is 9.52 Å². The lowest BCUT2D eigenvalue weighted by Gasteiger charge is -2.34. The normalized spacial score (nSPS) is 15.2. The Bertz CT molecular complexity index is 854. The second kappa shape index (κ2) is 6.49. The van der Waals surface area contributed by atoms with Crippen molar-refractivity contribution in [3.8, 4) is 0 Å². The highest BCUT2D eigenvalue weighted by Gasteiger charge is 2.23. The predicted molar refractivity (Wildman–Crippen MR) is 96.4 cm³/mol. The van der Waals surface area contributed by atoms with Gasteiger partial charge in [-0.25, -0.2) is 9.37 Å². The van der Waals surface area contributed by atoms with Gasteiger partial charge in [0.1, 0.15) is 5.82 Å². The van der Waals surface area contributed by atoms with Gasteiger partial charge in [-0.15, -0.1) is 11.3 Å². The summed E-state index contributed by atoms with van der Waals surface area (Å²) in [6.45, 7) is 2.93. The monoisotopic (exact) mass is 361 g/mol. The van der Waals surface area contributed by atoms with Crippen LogP contribution >= 0.6 is 22.7 Å². The molecule has 1 aliphatic heterocycles. The van der Waals surface area contributed by atoms with Crippen LogP contribution in [0, 0.1) is 5.82 Å². The van der Waals surface area contributed by atoms with E-state index in [-0.39, 0.29) is 11.7 Å². The largest absolute Gasteiger partial charge is 0.345 e. The van der Waals surface area contributed by atoms with Gasteiger partial charge >= 0.3 is 0 Å². The van der Waals surface area contributed by atoms with Crippen molar-refractivity contribution < 1.29 is 9.18 Å². The van der Waals surface area contributed by atoms with E-state index < -0.39 is 0 Å². The molecule has 1 fully saturated rings. The van der Waals surface area contributed by atoms with Crippen molar-refractivity contribution in [2.45, 2.75) is 6.42 Å². The first-order valence-corrected chi connectivity index (χ1v) is 9.50. The average Bonchev–Trinajstić information content (AvgIpc) is 3.24. The quantitative estimate of drug-likeness (QED) is 0.717. The lowest BCUT2D eigenvalue weighted by Crippen LogP contribution is -2.49. The van der Waals surface area contributed by atoms with E-state index in [1.807, 2.05) is 22.4 Å². The molecular formula is C17H16FN3OS2. The van der Waals surface area contributed by atoms with Crippen LogP contribution in [-0.4, -0.2) is 42.0 Å². The maximum Gasteiger partial charge on any atom is 0.227 e. The molecule has 24 heavy (non-hydrogen) atoms. The molecule has 0 aliphatic carbocycles. The number of amides is 1. The molecule has 4 rings (SSSR count). The number of carbonyl (C=O) groups excluding carboxylic acids is 1. The molecule has 7 heteroatoms. The molecule has 0 bridgehead atoms. The smallest absolute Gasteiger partial charge is 0.227 e. The van der Waals surface area contributed by atoms with Crippen LogP contribution in [0.5, 0.6) is 0 Å². The van der Waals surface area contributed by atoms with E-state index >= 15 is 0 Å². The molecule has 124 valence electrons. The Hall–Kier alpha value is -1.99. The second-order valence-electron chi connectivity index (χ2n) is 5.73. The summed E-state index contributed by atoms with van der Waals surface area (Å²) in [5.74, 6) is -0.0508. The molecule has 0 atom stereocenters. The predicted octanol–water partition coefficient (Wildman–Crippen LogP) is 3.39. The maximum atomic E-state index is 13.3. The molecule has 0 saturated carbocycles. The Labute approximate surface area is 147 Å². The highest BCUT2D eigenvalue weighted by molar-refractivity contribution is 7.22. The number of carbonyl (C=O) groups is 1. The van der Waals surface area contributed by atoms with Crippen molar-refractivity contribution in [3.63, 3.8) is 0 Å². The van der Waals surface area contributed by atoms with Crippen molar-refractivity contribution in [2.24, 2.45) is 0 Å². The van der Waals surface area contributed by atoms with Crippen molar-refractivity contribution in [3.05, 3.63) is 46.4 Å². The second-order valence-corrected chi connectivity index (χ2v) is 7.77. The Morgan fingerprint density at radius 1 is 1.21 bits per heavy atom. The fourth-order valence-corrected chi connectivity index (χ4v) is 4.58. The molecular weight excluding hydrogens is 345 g/mol. The van der Waals surface area contributed by atoms with Crippen LogP contribution in [-0.2, 0) is 11.2 Å². The van der Waals surface area contributed by atoms with Gasteiger partial charge in [0.15, 0.2) is 5.13 Å². The third-order valence-corrected chi connectivity index (χ3v) is 6.10. The Morgan fingerprint density at radius 3 is 2.79 bits per heavy atom. The van der Waals surface area contributed by atoms with Gasteiger partial charge < -0.3 is 9.80 Å². The Balaban J connectivity index is 1.40. The zero-order chi connectivity index (χ0) is 16.5. The van der Waals surface area contributed by atoms with Crippen molar-refractivity contribution in [2.75, 3.05) is 31.1 Å². The van der Waals surface area contributed by atoms with Crippen molar-refractivity contribution in [1.82, 2.24) is 9.88 Å². The van der Waals surface area contributed by atoms with Crippen LogP contribution in [0.25, 0.3) is 10.2 Å². The van der Waals surface area contributed by atoms with Crippen LogP contribution in [0.3, 0.4) is 0 Å². The molecule has 1 amide bonds. The third-order valence-electron chi connectivity index (χ3n) is 4.15. The summed E-state index contributed by atoms with van der Waals surface area (Å²) in [6, 6.07) is 8.65. The minimum Gasteiger partial charge on any atom is -0.345 e. The first-order chi connectivity index (χ1) is 11.7. The molecule has 0 N–H and O–H groups in total. The Kier molecular flexibility index (Phi) is 4.20. The summed E-state index contributed by atoms with van der Waals surface area (Å²) in [5.41, 5.74) is 0.826. The summed E-state index contributed by atoms with van der Waals surface area (Å²) in [7, 11) is 0. The van der Waals surface area contributed by atoms with Gasteiger partial charge in [0, 0.05) is 31.1 Å². The van der Waals surface area contributed by atoms with Crippen LogP contribution in [0.1, 0.15) is 4.88 Å². The van der Waals surface area contributed by atoms with Gasteiger partial charge in [-0.2, -0.15) is 0 Å². The first kappa shape index (κ1) is 15.5. The van der Waals surface area contributed by atoms with Gasteiger partial charge in [-0.05, 0) is 29.6 Å². The van der Waals surface area contributed by atoms with Crippen molar-refractivity contribution in [1.29, 1.82) is 0 Å². The summed E-state index contributed by atoms with van der Waals surface area (Å²) in [6.07, 6.45) is 0.484. The Morgan fingerprint density at radius 2 is 2.04 bits per heavy atom. The highest BCUT2D eigenvalue weighted by atomic mass is 32.1. The zero-order valence-corrected chi connectivity index (χ0v) is 14.6.